The van der Waals surface area contributed by atoms with Crippen molar-refractivity contribution in [1.82, 2.24) is 4.72 Å². The molecule has 2 aliphatic rings. The molecule has 4 aromatic rings. The number of fused-ring (bicyclic) bond motifs is 2. The fourth-order valence-corrected chi connectivity index (χ4v) is 7.53. The molecule has 46 heavy (non-hydrogen) atoms. The van der Waals surface area contributed by atoms with Crippen LogP contribution in [-0.4, -0.2) is 51.9 Å². The summed E-state index contributed by atoms with van der Waals surface area (Å²) in [6.45, 7) is 0.0975. The largest absolute Gasteiger partial charge is 0.573 e. The van der Waals surface area contributed by atoms with Gasteiger partial charge in [-0.15, -0.1) is 13.2 Å². The van der Waals surface area contributed by atoms with Gasteiger partial charge in [-0.1, -0.05) is 48.5 Å². The van der Waals surface area contributed by atoms with Gasteiger partial charge in [0.2, 0.25) is 0 Å². The Balaban J connectivity index is 1.42. The molecular weight excluding hydrogens is 623 g/mol. The maximum Gasteiger partial charge on any atom is 0.573 e. The lowest BCUT2D eigenvalue weighted by atomic mass is 9.93. The molecule has 0 amide bonds. The summed E-state index contributed by atoms with van der Waals surface area (Å²) < 4.78 is 67.2. The number of anilines is 3. The topological polar surface area (TPSA) is 132 Å². The summed E-state index contributed by atoms with van der Waals surface area (Å²) in [5, 5.41) is 24.1. The van der Waals surface area contributed by atoms with Crippen molar-refractivity contribution in [3.05, 3.63) is 118 Å². The van der Waals surface area contributed by atoms with Gasteiger partial charge in [0, 0.05) is 30.5 Å². The normalized spacial score (nSPS) is 21.0. The molecule has 2 heterocycles. The molecule has 0 radical (unpaired) electrons. The summed E-state index contributed by atoms with van der Waals surface area (Å²) in [5.74, 6) is -0.537. The zero-order chi connectivity index (χ0) is 32.6. The summed E-state index contributed by atoms with van der Waals surface area (Å²) in [4.78, 5) is 15.2. The minimum atomic E-state index is -4.92. The van der Waals surface area contributed by atoms with E-state index in [2.05, 4.69) is 9.46 Å². The average Bonchev–Trinajstić information content (AvgIpc) is 3.18. The average molecular weight is 654 g/mol. The van der Waals surface area contributed by atoms with Gasteiger partial charge in [0.05, 0.1) is 28.0 Å². The van der Waals surface area contributed by atoms with E-state index in [1.54, 1.807) is 23.1 Å². The number of ether oxygens (including phenoxy) is 1. The molecule has 6 rings (SSSR count). The second-order valence-corrected chi connectivity index (χ2v) is 13.0. The standard InChI is InChI=1S/C32H30F3N5O5S/c33-32(34,35)45-23-15-17-24(18-16-23)46(36,44)37-25-19-38(28-11-5-6-12-29(28)40(42)43)20-30(31(25)41)39-26-9-3-1-7-21(26)13-14-22-8-2-4-10-27(22)39/h1-12,15-18,25,30-31,41H,13-14,19-20H2,(H2,36,37,44). The molecule has 0 spiro atoms. The highest BCUT2D eigenvalue weighted by Gasteiger charge is 2.43. The van der Waals surface area contributed by atoms with E-state index in [1.165, 1.54) is 6.07 Å². The van der Waals surface area contributed by atoms with Crippen LogP contribution in [0.2, 0.25) is 0 Å². The number of aliphatic hydroxyl groups excluding tert-OH is 1. The number of alkyl halides is 3. The van der Waals surface area contributed by atoms with Crippen molar-refractivity contribution in [2.75, 3.05) is 22.9 Å². The van der Waals surface area contributed by atoms with E-state index in [4.69, 9.17) is 4.78 Å². The van der Waals surface area contributed by atoms with Gasteiger partial charge < -0.3 is 19.6 Å². The van der Waals surface area contributed by atoms with Gasteiger partial charge in [-0.3, -0.25) is 10.1 Å². The van der Waals surface area contributed by atoms with Crippen LogP contribution in [-0.2, 0) is 22.8 Å². The van der Waals surface area contributed by atoms with Crippen molar-refractivity contribution in [3.63, 3.8) is 0 Å². The van der Waals surface area contributed by atoms with Gasteiger partial charge in [0.1, 0.15) is 21.4 Å². The van der Waals surface area contributed by atoms with Crippen molar-refractivity contribution < 1.29 is 32.1 Å². The first kappa shape index (κ1) is 31.3. The van der Waals surface area contributed by atoms with E-state index < -0.39 is 45.1 Å². The Kier molecular flexibility index (Phi) is 8.35. The molecule has 1 fully saturated rings. The molecule has 1 saturated heterocycles. The number of nitrogens with zero attached hydrogens (tertiary/aromatic N) is 3. The van der Waals surface area contributed by atoms with E-state index >= 15 is 0 Å². The fourth-order valence-electron chi connectivity index (χ4n) is 6.23. The molecule has 14 heteroatoms. The van der Waals surface area contributed by atoms with Crippen molar-refractivity contribution in [3.8, 4) is 5.75 Å². The fraction of sp³-hybridized carbons (Fsp3) is 0.250. The van der Waals surface area contributed by atoms with E-state index in [9.17, 15) is 32.6 Å². The van der Waals surface area contributed by atoms with Crippen LogP contribution in [0.1, 0.15) is 11.1 Å². The SMILES string of the molecule is N=S(=O)(NC1CN(c2ccccc2[N+](=O)[O-])CC(N2c3ccccc3CCc3ccccc32)C1O)c1ccc(OC(F)(F)F)cc1. The van der Waals surface area contributed by atoms with Crippen LogP contribution in [0.15, 0.2) is 102 Å². The van der Waals surface area contributed by atoms with Crippen molar-refractivity contribution in [2.24, 2.45) is 0 Å². The Hall–Kier alpha value is -4.66. The number of nitro groups is 1. The third-order valence-corrected chi connectivity index (χ3v) is 9.83. The van der Waals surface area contributed by atoms with Crippen molar-refractivity contribution in [1.29, 1.82) is 4.78 Å². The summed E-state index contributed by atoms with van der Waals surface area (Å²) in [5.41, 5.74) is 3.93. The van der Waals surface area contributed by atoms with E-state index in [1.807, 2.05) is 53.4 Å². The number of rotatable bonds is 7. The van der Waals surface area contributed by atoms with Crippen LogP contribution < -0.4 is 19.3 Å². The monoisotopic (exact) mass is 653 g/mol. The molecule has 240 valence electrons. The van der Waals surface area contributed by atoms with Gasteiger partial charge in [-0.05, 0) is 66.4 Å². The predicted octanol–water partition coefficient (Wildman–Crippen LogP) is 5.96. The molecule has 4 atom stereocenters. The third-order valence-electron chi connectivity index (χ3n) is 8.25. The maximum atomic E-state index is 13.8. The molecule has 4 unspecified atom stereocenters. The number of halogens is 3. The lowest BCUT2D eigenvalue weighted by molar-refractivity contribution is -0.384. The molecule has 3 N–H and O–H groups in total. The second-order valence-electron chi connectivity index (χ2n) is 11.1. The number of benzene rings is 4. The summed E-state index contributed by atoms with van der Waals surface area (Å²) in [6.07, 6.45) is -4.66. The van der Waals surface area contributed by atoms with Crippen LogP contribution >= 0.6 is 0 Å². The molecule has 4 aromatic carbocycles. The molecule has 0 saturated carbocycles. The predicted molar refractivity (Wildman–Crippen MR) is 167 cm³/mol. The van der Waals surface area contributed by atoms with E-state index in [-0.39, 0.29) is 29.4 Å². The first-order chi connectivity index (χ1) is 21.9. The first-order valence-corrected chi connectivity index (χ1v) is 16.0. The van der Waals surface area contributed by atoms with Gasteiger partial charge in [-0.2, -0.15) is 0 Å². The van der Waals surface area contributed by atoms with Gasteiger partial charge in [0.15, 0.2) is 0 Å². The smallest absolute Gasteiger partial charge is 0.406 e. The van der Waals surface area contributed by atoms with Gasteiger partial charge >= 0.3 is 6.36 Å². The molecule has 10 nitrogen and oxygen atoms in total. The number of aryl methyl sites for hydroxylation is 2. The van der Waals surface area contributed by atoms with Crippen LogP contribution in [0.5, 0.6) is 5.75 Å². The minimum absolute atomic E-state index is 0.0508. The van der Waals surface area contributed by atoms with Crippen molar-refractivity contribution in [2.45, 2.75) is 42.3 Å². The number of hydrogen-bond donors (Lipinski definition) is 3. The highest BCUT2D eigenvalue weighted by molar-refractivity contribution is 7.90. The van der Waals surface area contributed by atoms with Crippen molar-refractivity contribution >= 4 is 32.7 Å². The molecule has 0 bridgehead atoms. The third kappa shape index (κ3) is 6.36. The summed E-state index contributed by atoms with van der Waals surface area (Å²) >= 11 is 0. The molecule has 0 aliphatic carbocycles. The lowest BCUT2D eigenvalue weighted by Gasteiger charge is -2.47. The quantitative estimate of drug-likeness (QED) is 0.166. The Labute approximate surface area is 263 Å². The summed E-state index contributed by atoms with van der Waals surface area (Å²) in [6, 6.07) is 24.1. The van der Waals surface area contributed by atoms with Gasteiger partial charge in [0.25, 0.3) is 5.69 Å². The van der Waals surface area contributed by atoms with Crippen LogP contribution in [0.25, 0.3) is 0 Å². The van der Waals surface area contributed by atoms with E-state index in [0.29, 0.717) is 0 Å². The van der Waals surface area contributed by atoms with E-state index in [0.717, 1.165) is 59.6 Å². The highest BCUT2D eigenvalue weighted by Crippen LogP contribution is 2.41. The molecule has 0 aromatic heterocycles. The molecular formula is C32H30F3N5O5S. The summed E-state index contributed by atoms with van der Waals surface area (Å²) in [7, 11) is -3.89. The number of nitrogens with one attached hydrogen (secondary N) is 2. The Morgan fingerprint density at radius 1 is 0.870 bits per heavy atom. The van der Waals surface area contributed by atoms with Crippen LogP contribution in [0, 0.1) is 14.9 Å². The number of hydrogen-bond acceptors (Lipinski definition) is 8. The Morgan fingerprint density at radius 2 is 1.41 bits per heavy atom. The number of para-hydroxylation sites is 4. The number of piperidine rings is 1. The van der Waals surface area contributed by atoms with Crippen LogP contribution in [0.3, 0.4) is 0 Å². The minimum Gasteiger partial charge on any atom is -0.406 e. The molecule has 2 aliphatic heterocycles. The Bertz CT molecular complexity index is 1810. The van der Waals surface area contributed by atoms with Gasteiger partial charge in [-0.25, -0.2) is 13.7 Å². The lowest BCUT2D eigenvalue weighted by Crippen LogP contribution is -2.65. The number of nitro benzene ring substituents is 1. The number of aliphatic hydroxyl groups is 1. The Morgan fingerprint density at radius 3 is 1.98 bits per heavy atom. The highest BCUT2D eigenvalue weighted by atomic mass is 32.2. The zero-order valence-electron chi connectivity index (χ0n) is 24.3. The maximum absolute atomic E-state index is 13.8. The zero-order valence-corrected chi connectivity index (χ0v) is 25.1. The van der Waals surface area contributed by atoms with Crippen LogP contribution in [0.4, 0.5) is 35.9 Å². The second kappa shape index (κ2) is 12.3. The first-order valence-electron chi connectivity index (χ1n) is 14.4.